The molecule has 14 nitrogen and oxygen atoms in total. The summed E-state index contributed by atoms with van der Waals surface area (Å²) in [5.41, 5.74) is 6.45. The number of aromatic nitrogens is 1. The molecule has 0 spiro atoms. The van der Waals surface area contributed by atoms with E-state index in [9.17, 15) is 37.9 Å². The van der Waals surface area contributed by atoms with E-state index in [1.807, 2.05) is 13.8 Å². The first-order valence-electron chi connectivity index (χ1n) is 16.5. The zero-order valence-corrected chi connectivity index (χ0v) is 40.2. The molecule has 1 aromatic rings. The monoisotopic (exact) mass is 868 g/mol. The predicted octanol–water partition coefficient (Wildman–Crippen LogP) is -5.79. The number of aromatic amines is 1. The minimum atomic E-state index is -4.68. The maximum Gasteiger partial charge on any atom is 2.00 e. The number of allylic oxidation sites excluding steroid dienone is 6. The molecule has 5 heterocycles. The topological polar surface area (TPSA) is 235 Å². The zero-order valence-electron chi connectivity index (χ0n) is 32.1. The van der Waals surface area contributed by atoms with E-state index in [0.29, 0.717) is 67.8 Å². The first-order valence-corrected chi connectivity index (χ1v) is 18.1. The number of hydrogen-bond donors (Lipinski definition) is 1. The van der Waals surface area contributed by atoms with E-state index in [2.05, 4.69) is 9.98 Å². The van der Waals surface area contributed by atoms with Crippen LogP contribution < -0.4 is 129 Å². The average molecular weight is 870 g/mol. The van der Waals surface area contributed by atoms with Crippen LogP contribution in [0, 0.1) is 6.92 Å². The van der Waals surface area contributed by atoms with Gasteiger partial charge in [-0.3, -0.25) is 9.79 Å². The van der Waals surface area contributed by atoms with Crippen LogP contribution in [0.15, 0.2) is 82.1 Å². The Labute approximate surface area is 415 Å². The number of ether oxygens (including phenoxy) is 1. The van der Waals surface area contributed by atoms with E-state index >= 15 is 0 Å². The minimum absolute atomic E-state index is 0. The maximum atomic E-state index is 13.8. The molecule has 55 heavy (non-hydrogen) atoms. The van der Waals surface area contributed by atoms with Crippen molar-refractivity contribution in [3.05, 3.63) is 84.0 Å². The van der Waals surface area contributed by atoms with Crippen LogP contribution in [0.2, 0.25) is 0 Å². The van der Waals surface area contributed by atoms with Crippen molar-refractivity contribution in [2.24, 2.45) is 20.0 Å². The third kappa shape index (κ3) is 10.9. The number of rotatable bonds is 10. The zero-order chi connectivity index (χ0) is 38.2. The summed E-state index contributed by atoms with van der Waals surface area (Å²) < 4.78 is 39.0. The number of hydrogen-bond acceptors (Lipinski definition) is 13. The van der Waals surface area contributed by atoms with Gasteiger partial charge in [-0.1, -0.05) is 13.8 Å². The van der Waals surface area contributed by atoms with Crippen LogP contribution >= 0.6 is 0 Å². The molecule has 0 amide bonds. The number of carbonyl (C=O) groups excluding carboxylic acids is 2. The molecule has 0 saturated carbocycles. The number of carboxylic acid groups (broad SMARTS) is 1. The fourth-order valence-corrected chi connectivity index (χ4v) is 6.94. The summed E-state index contributed by atoms with van der Waals surface area (Å²) in [6.45, 7) is 9.92. The van der Waals surface area contributed by atoms with Gasteiger partial charge in [-0.25, -0.2) is 23.4 Å². The van der Waals surface area contributed by atoms with Gasteiger partial charge in [0.15, 0.2) is 0 Å². The van der Waals surface area contributed by atoms with Gasteiger partial charge in [0.1, 0.15) is 0 Å². The Morgan fingerprint density at radius 2 is 1.55 bits per heavy atom. The molecule has 0 aromatic carbocycles. The number of fused-ring (bicyclic) bond motifs is 5. The van der Waals surface area contributed by atoms with Gasteiger partial charge in [-0.15, -0.1) is 5.76 Å². The number of esters is 1. The molecule has 283 valence electrons. The molecule has 0 fully saturated rings. The van der Waals surface area contributed by atoms with E-state index in [0.717, 1.165) is 11.1 Å². The number of H-pyrrole nitrogens is 1. The summed E-state index contributed by atoms with van der Waals surface area (Å²) >= 11 is 0. The Kier molecular flexibility index (Phi) is 18.3. The van der Waals surface area contributed by atoms with E-state index in [1.54, 1.807) is 39.0 Å². The van der Waals surface area contributed by atoms with E-state index < -0.39 is 46.7 Å². The van der Waals surface area contributed by atoms with Gasteiger partial charge >= 0.3 is 126 Å². The number of aliphatic carboxylic acids is 1. The summed E-state index contributed by atoms with van der Waals surface area (Å²) in [4.78, 5) is 46.6. The molecule has 8 bridgehead atoms. The molecule has 0 aliphatic carbocycles. The van der Waals surface area contributed by atoms with Crippen LogP contribution in [-0.4, -0.2) is 72.3 Å². The van der Waals surface area contributed by atoms with Crippen molar-refractivity contribution in [2.45, 2.75) is 67.2 Å². The summed E-state index contributed by atoms with van der Waals surface area (Å²) in [6, 6.07) is 0. The Hall–Kier alpha value is -1.62. The first kappa shape index (κ1) is 49.5. The normalized spacial score (nSPS) is 17.3. The van der Waals surface area contributed by atoms with Crippen molar-refractivity contribution in [2.75, 3.05) is 19.4 Å². The fourth-order valence-electron chi connectivity index (χ4n) is 6.63. The molecule has 5 rings (SSSR count). The molecule has 4 aliphatic heterocycles. The molecule has 4 aliphatic rings. The Balaban J connectivity index is 0.00000348. The van der Waals surface area contributed by atoms with E-state index in [-0.39, 0.29) is 161 Å². The second-order valence-electron chi connectivity index (χ2n) is 12.6. The molecular formula is C37H37CuK2N5O9S. The van der Waals surface area contributed by atoms with Crippen molar-refractivity contribution in [3.63, 3.8) is 0 Å². The van der Waals surface area contributed by atoms with Crippen LogP contribution in [-0.2, 0) is 41.5 Å². The number of methoxy groups -OCH3 is 1. The summed E-state index contributed by atoms with van der Waals surface area (Å²) in [7, 11) is -3.49. The Bertz CT molecular complexity index is 2390. The minimum Gasteiger partial charge on any atom is -0.875 e. The van der Waals surface area contributed by atoms with Crippen molar-refractivity contribution >= 4 is 63.0 Å². The predicted molar refractivity (Wildman–Crippen MR) is 190 cm³/mol. The van der Waals surface area contributed by atoms with Gasteiger partial charge in [-0.2, -0.15) is 0 Å². The number of carboxylic acids is 1. The average Bonchev–Trinajstić information content (AvgIpc) is 3.74. The fraction of sp³-hybridized carbons (Fsp3) is 0.351. The van der Waals surface area contributed by atoms with Crippen LogP contribution in [0.5, 0.6) is 0 Å². The third-order valence-electron chi connectivity index (χ3n) is 9.34. The van der Waals surface area contributed by atoms with Crippen molar-refractivity contribution < 1.29 is 162 Å². The maximum absolute atomic E-state index is 13.8. The SMILES string of the molecule is CCC1=C(C)C2=NC1=CC1=NC(=C(CC(=O)OC)C3=NC(=Cc4[nH]c(/c(=C(\C)[O-])c4C)=C2)C(C)=C3CCC(=O)[O-])C(C([O-])=NCCS(=O)(=O)[O-])=C1C.[Cu+2].[K+].[K+]. The Morgan fingerprint density at radius 3 is 2.13 bits per heavy atom. The number of aliphatic imine (C=N–C) groups is 4. The summed E-state index contributed by atoms with van der Waals surface area (Å²) in [6.07, 6.45) is 4.92. The molecule has 0 saturated heterocycles. The molecule has 0 atom stereocenters. The number of nitrogens with one attached hydrogen (secondary N) is 1. The van der Waals surface area contributed by atoms with E-state index in [1.165, 1.54) is 14.0 Å². The molecule has 1 aromatic heterocycles. The molecule has 18 heteroatoms. The van der Waals surface area contributed by atoms with Gasteiger partial charge in [-0.05, 0) is 110 Å². The number of nitrogens with zero attached hydrogens (tertiary/aromatic N) is 4. The van der Waals surface area contributed by atoms with E-state index in [4.69, 9.17) is 19.7 Å². The quantitative estimate of drug-likeness (QED) is 0.0775. The largest absolute Gasteiger partial charge is 2.00 e. The first-order chi connectivity index (χ1) is 24.4. The molecular weight excluding hydrogens is 832 g/mol. The van der Waals surface area contributed by atoms with Crippen LogP contribution in [0.1, 0.15) is 71.6 Å². The van der Waals surface area contributed by atoms with Crippen molar-refractivity contribution in [1.29, 1.82) is 0 Å². The smallest absolute Gasteiger partial charge is 0.875 e. The third-order valence-corrected chi connectivity index (χ3v) is 10.0. The van der Waals surface area contributed by atoms with Crippen molar-refractivity contribution in [3.8, 4) is 0 Å². The standard InChI is InChI=1S/C37H41N5O9S.Cu.2K/c1-8-22-17(2)25-16-30-33(21(6)43)19(4)27(40-30)14-26-18(3)23(9-10-31(44)45)35(41-26)24(13-32(46)51-7)36-34(37(47)38-11-12-52(48,49)50)20(5)28(42-36)15-29(22)39-25;;;/h14-16,40,43H,8-13H2,1-7H3,(H,38,47)(H,44,45)(H,48,49,50);;;/q;+2;2*+1/p-4/b26-14?,29-15?,30-16?,33-21+,36-24?;;;. The van der Waals surface area contributed by atoms with Gasteiger partial charge in [0.2, 0.25) is 0 Å². The number of carbonyl (C=O) groups is 2. The second-order valence-corrected chi connectivity index (χ2v) is 14.2. The summed E-state index contributed by atoms with van der Waals surface area (Å²) in [5.74, 6) is -3.98. The van der Waals surface area contributed by atoms with Gasteiger partial charge < -0.3 is 34.4 Å². The molecule has 1 radical (unpaired) electrons. The van der Waals surface area contributed by atoms with Crippen LogP contribution in [0.3, 0.4) is 0 Å². The van der Waals surface area contributed by atoms with Crippen molar-refractivity contribution in [1.82, 2.24) is 4.98 Å². The van der Waals surface area contributed by atoms with Gasteiger partial charge in [0.25, 0.3) is 0 Å². The van der Waals surface area contributed by atoms with Crippen LogP contribution in [0.4, 0.5) is 0 Å². The molecule has 0 unspecified atom stereocenters. The second kappa shape index (κ2) is 20.4. The Morgan fingerprint density at radius 1 is 0.891 bits per heavy atom. The van der Waals surface area contributed by atoms with Crippen LogP contribution in [0.25, 0.3) is 17.9 Å². The summed E-state index contributed by atoms with van der Waals surface area (Å²) in [5, 5.41) is 39.5. The van der Waals surface area contributed by atoms with Gasteiger partial charge in [0, 0.05) is 28.2 Å². The molecule has 1 N–H and O–H groups in total. The van der Waals surface area contributed by atoms with Gasteiger partial charge in [0.05, 0.1) is 70.2 Å².